The molecule has 0 saturated carbocycles. The summed E-state index contributed by atoms with van der Waals surface area (Å²) in [6.45, 7) is 4.90. The summed E-state index contributed by atoms with van der Waals surface area (Å²) in [4.78, 5) is 0. The number of hydrogen-bond donors (Lipinski definition) is 1. The summed E-state index contributed by atoms with van der Waals surface area (Å²) in [5.74, 6) is 0.391. The van der Waals surface area contributed by atoms with Crippen molar-refractivity contribution in [3.05, 3.63) is 47.8 Å². The molecule has 0 aliphatic heterocycles. The molecular formula is C15H18F3N3. The highest BCUT2D eigenvalue weighted by Crippen LogP contribution is 2.33. The second-order valence-electron chi connectivity index (χ2n) is 5.31. The standard InChI is InChI=1S/C15H18F3N3/c1-11(2)9-19-10-12-4-5-13(21-7-3-6-20-21)8-14(12)15(16,17)18/h3-8,11,19H,9-10H2,1-2H3. The summed E-state index contributed by atoms with van der Waals surface area (Å²) >= 11 is 0. The molecule has 0 bridgehead atoms. The van der Waals surface area contributed by atoms with Crippen LogP contribution < -0.4 is 5.32 Å². The molecule has 1 aromatic heterocycles. The van der Waals surface area contributed by atoms with Gasteiger partial charge >= 0.3 is 6.18 Å². The lowest BCUT2D eigenvalue weighted by Crippen LogP contribution is -2.21. The van der Waals surface area contributed by atoms with Crippen LogP contribution in [0.15, 0.2) is 36.7 Å². The summed E-state index contributed by atoms with van der Waals surface area (Å²) in [7, 11) is 0. The number of halogens is 3. The third kappa shape index (κ3) is 4.07. The predicted molar refractivity (Wildman–Crippen MR) is 75.1 cm³/mol. The molecule has 0 fully saturated rings. The van der Waals surface area contributed by atoms with Gasteiger partial charge in [-0.05, 0) is 36.2 Å². The maximum atomic E-state index is 13.2. The quantitative estimate of drug-likeness (QED) is 0.913. The molecule has 6 heteroatoms. The van der Waals surface area contributed by atoms with Gasteiger partial charge in [-0.25, -0.2) is 4.68 Å². The van der Waals surface area contributed by atoms with Gasteiger partial charge in [0.15, 0.2) is 0 Å². The highest BCUT2D eigenvalue weighted by atomic mass is 19.4. The maximum absolute atomic E-state index is 13.2. The zero-order valence-electron chi connectivity index (χ0n) is 12.0. The Kier molecular flexibility index (Phi) is 4.67. The third-order valence-electron chi connectivity index (χ3n) is 3.04. The van der Waals surface area contributed by atoms with Gasteiger partial charge < -0.3 is 5.32 Å². The molecule has 114 valence electrons. The summed E-state index contributed by atoms with van der Waals surface area (Å²) in [6.07, 6.45) is -1.23. The van der Waals surface area contributed by atoms with Gasteiger partial charge in [0, 0.05) is 18.9 Å². The summed E-state index contributed by atoms with van der Waals surface area (Å²) in [6, 6.07) is 5.96. The molecule has 3 nitrogen and oxygen atoms in total. The van der Waals surface area contributed by atoms with Gasteiger partial charge in [-0.3, -0.25) is 0 Å². The van der Waals surface area contributed by atoms with E-state index in [0.29, 0.717) is 18.2 Å². The first-order valence-electron chi connectivity index (χ1n) is 6.79. The Morgan fingerprint density at radius 1 is 1.29 bits per heavy atom. The average Bonchev–Trinajstić information content (AvgIpc) is 2.91. The van der Waals surface area contributed by atoms with Crippen molar-refractivity contribution >= 4 is 0 Å². The molecule has 0 atom stereocenters. The van der Waals surface area contributed by atoms with Gasteiger partial charge in [0.25, 0.3) is 0 Å². The molecule has 2 rings (SSSR count). The van der Waals surface area contributed by atoms with Gasteiger partial charge in [0.2, 0.25) is 0 Å². The van der Waals surface area contributed by atoms with Crippen LogP contribution in [0.1, 0.15) is 25.0 Å². The Bertz CT molecular complexity index is 574. The Morgan fingerprint density at radius 2 is 2.05 bits per heavy atom. The van der Waals surface area contributed by atoms with Crippen LogP contribution in [0.2, 0.25) is 0 Å². The average molecular weight is 297 g/mol. The van der Waals surface area contributed by atoms with Gasteiger partial charge in [0.05, 0.1) is 11.3 Å². The van der Waals surface area contributed by atoms with Crippen molar-refractivity contribution in [2.75, 3.05) is 6.54 Å². The van der Waals surface area contributed by atoms with E-state index >= 15 is 0 Å². The fraction of sp³-hybridized carbons (Fsp3) is 0.400. The van der Waals surface area contributed by atoms with Crippen molar-refractivity contribution in [2.45, 2.75) is 26.6 Å². The molecule has 21 heavy (non-hydrogen) atoms. The molecular weight excluding hydrogens is 279 g/mol. The Balaban J connectivity index is 2.28. The molecule has 0 aliphatic rings. The summed E-state index contributed by atoms with van der Waals surface area (Å²) < 4.78 is 41.0. The Labute approximate surface area is 121 Å². The van der Waals surface area contributed by atoms with Crippen molar-refractivity contribution in [3.8, 4) is 5.69 Å². The Hall–Kier alpha value is -1.82. The first kappa shape index (κ1) is 15.6. The van der Waals surface area contributed by atoms with E-state index in [4.69, 9.17) is 0 Å². The zero-order valence-corrected chi connectivity index (χ0v) is 12.0. The van der Waals surface area contributed by atoms with E-state index in [0.717, 1.165) is 6.07 Å². The molecule has 0 unspecified atom stereocenters. The number of hydrogen-bond acceptors (Lipinski definition) is 2. The lowest BCUT2D eigenvalue weighted by Gasteiger charge is -2.16. The van der Waals surface area contributed by atoms with Crippen LogP contribution in [-0.4, -0.2) is 16.3 Å². The monoisotopic (exact) mass is 297 g/mol. The summed E-state index contributed by atoms with van der Waals surface area (Å²) in [5.41, 5.74) is 0.0331. The van der Waals surface area contributed by atoms with Crippen molar-refractivity contribution in [2.24, 2.45) is 5.92 Å². The van der Waals surface area contributed by atoms with E-state index in [9.17, 15) is 13.2 Å². The van der Waals surface area contributed by atoms with Crippen LogP contribution in [0.25, 0.3) is 5.69 Å². The van der Waals surface area contributed by atoms with Gasteiger partial charge in [-0.1, -0.05) is 19.9 Å². The van der Waals surface area contributed by atoms with Crippen LogP contribution in [0.4, 0.5) is 13.2 Å². The third-order valence-corrected chi connectivity index (χ3v) is 3.04. The van der Waals surface area contributed by atoms with Crippen molar-refractivity contribution in [1.82, 2.24) is 15.1 Å². The fourth-order valence-electron chi connectivity index (χ4n) is 2.04. The normalized spacial score (nSPS) is 12.1. The van der Waals surface area contributed by atoms with Gasteiger partial charge in [0.1, 0.15) is 0 Å². The van der Waals surface area contributed by atoms with E-state index in [2.05, 4.69) is 10.4 Å². The SMILES string of the molecule is CC(C)CNCc1ccc(-n2cccn2)cc1C(F)(F)F. The molecule has 0 spiro atoms. The fourth-order valence-corrected chi connectivity index (χ4v) is 2.04. The van der Waals surface area contributed by atoms with Gasteiger partial charge in [-0.15, -0.1) is 0 Å². The molecule has 2 aromatic rings. The lowest BCUT2D eigenvalue weighted by atomic mass is 10.1. The minimum Gasteiger partial charge on any atom is -0.312 e. The number of nitrogens with one attached hydrogen (secondary N) is 1. The largest absolute Gasteiger partial charge is 0.416 e. The van der Waals surface area contributed by atoms with E-state index in [1.54, 1.807) is 18.3 Å². The molecule has 0 saturated heterocycles. The number of benzene rings is 1. The number of rotatable bonds is 5. The van der Waals surface area contributed by atoms with E-state index in [-0.39, 0.29) is 12.1 Å². The molecule has 0 amide bonds. The van der Waals surface area contributed by atoms with Crippen molar-refractivity contribution in [3.63, 3.8) is 0 Å². The predicted octanol–water partition coefficient (Wildman–Crippen LogP) is 3.64. The van der Waals surface area contributed by atoms with Crippen LogP contribution >= 0.6 is 0 Å². The van der Waals surface area contributed by atoms with Crippen molar-refractivity contribution in [1.29, 1.82) is 0 Å². The molecule has 1 heterocycles. The number of alkyl halides is 3. The smallest absolute Gasteiger partial charge is 0.312 e. The minimum absolute atomic E-state index is 0.201. The Morgan fingerprint density at radius 3 is 2.62 bits per heavy atom. The molecule has 0 radical (unpaired) electrons. The minimum atomic E-state index is -4.38. The van der Waals surface area contributed by atoms with Crippen LogP contribution in [0.5, 0.6) is 0 Å². The van der Waals surface area contributed by atoms with E-state index in [1.807, 2.05) is 13.8 Å². The van der Waals surface area contributed by atoms with E-state index < -0.39 is 11.7 Å². The first-order chi connectivity index (χ1) is 9.88. The highest BCUT2D eigenvalue weighted by Gasteiger charge is 2.33. The van der Waals surface area contributed by atoms with Crippen molar-refractivity contribution < 1.29 is 13.2 Å². The second kappa shape index (κ2) is 6.30. The topological polar surface area (TPSA) is 29.9 Å². The zero-order chi connectivity index (χ0) is 15.5. The molecule has 0 aliphatic carbocycles. The summed E-state index contributed by atoms with van der Waals surface area (Å²) in [5, 5.41) is 7.00. The number of aromatic nitrogens is 2. The van der Waals surface area contributed by atoms with Crippen LogP contribution in [0.3, 0.4) is 0 Å². The van der Waals surface area contributed by atoms with E-state index in [1.165, 1.54) is 16.9 Å². The molecule has 1 aromatic carbocycles. The van der Waals surface area contributed by atoms with Crippen LogP contribution in [-0.2, 0) is 12.7 Å². The maximum Gasteiger partial charge on any atom is 0.416 e. The first-order valence-corrected chi connectivity index (χ1v) is 6.79. The van der Waals surface area contributed by atoms with Gasteiger partial charge in [-0.2, -0.15) is 18.3 Å². The highest BCUT2D eigenvalue weighted by molar-refractivity contribution is 5.41. The lowest BCUT2D eigenvalue weighted by molar-refractivity contribution is -0.138. The van der Waals surface area contributed by atoms with Crippen LogP contribution in [0, 0.1) is 5.92 Å². The number of nitrogens with zero attached hydrogens (tertiary/aromatic N) is 2. The second-order valence-corrected chi connectivity index (χ2v) is 5.31. The molecule has 1 N–H and O–H groups in total.